The normalized spacial score (nSPS) is 15.2. The lowest BCUT2D eigenvalue weighted by Crippen LogP contribution is -2.35. The highest BCUT2D eigenvalue weighted by Gasteiger charge is 2.23. The first-order chi connectivity index (χ1) is 15.0. The molecule has 160 valence electrons. The van der Waals surface area contributed by atoms with Crippen molar-refractivity contribution in [1.29, 1.82) is 5.26 Å². The Morgan fingerprint density at radius 1 is 1.03 bits per heavy atom. The largest absolute Gasteiger partial charge is 0.346 e. The third-order valence-electron chi connectivity index (χ3n) is 5.95. The van der Waals surface area contributed by atoms with Crippen molar-refractivity contribution in [3.63, 3.8) is 0 Å². The molecule has 0 N–H and O–H groups in total. The monoisotopic (exact) mass is 414 g/mol. The van der Waals surface area contributed by atoms with Crippen molar-refractivity contribution < 1.29 is 4.79 Å². The molecule has 1 aliphatic heterocycles. The third kappa shape index (κ3) is 4.81. The van der Waals surface area contributed by atoms with E-state index in [9.17, 15) is 4.79 Å². The Hall–Kier alpha value is -3.10. The topological polar surface area (TPSA) is 52.3 Å². The van der Waals surface area contributed by atoms with Crippen LogP contribution in [0.3, 0.4) is 0 Å². The van der Waals surface area contributed by atoms with Crippen LogP contribution in [0.4, 0.5) is 0 Å². The number of hydrogen-bond acceptors (Lipinski definition) is 3. The molecular formula is C26H30N4O. The number of nitrogens with zero attached hydrogens (tertiary/aromatic N) is 4. The van der Waals surface area contributed by atoms with Gasteiger partial charge >= 0.3 is 0 Å². The van der Waals surface area contributed by atoms with Gasteiger partial charge in [0.25, 0.3) is 5.91 Å². The standard InChI is InChI=1S/C26H30N4O/c1-20(2)17-30-19-24(23-6-3-4-7-25(23)30)26(31)29-13-5-12-28(14-15-29)18-22-10-8-21(16-27)9-11-22/h3-4,6-11,19-20H,5,12-15,17-18H2,1-2H3. The minimum atomic E-state index is 0.138. The van der Waals surface area contributed by atoms with Gasteiger partial charge in [-0.3, -0.25) is 9.69 Å². The van der Waals surface area contributed by atoms with Crippen molar-refractivity contribution in [3.8, 4) is 6.07 Å². The molecule has 0 unspecified atom stereocenters. The fourth-order valence-electron chi connectivity index (χ4n) is 4.41. The van der Waals surface area contributed by atoms with Crippen LogP contribution < -0.4 is 0 Å². The van der Waals surface area contributed by atoms with E-state index in [4.69, 9.17) is 5.26 Å². The molecule has 5 nitrogen and oxygen atoms in total. The molecule has 1 saturated heterocycles. The van der Waals surface area contributed by atoms with Crippen molar-refractivity contribution in [2.75, 3.05) is 26.2 Å². The van der Waals surface area contributed by atoms with Gasteiger partial charge in [0.2, 0.25) is 0 Å². The summed E-state index contributed by atoms with van der Waals surface area (Å²) in [6, 6.07) is 18.2. The number of nitriles is 1. The lowest BCUT2D eigenvalue weighted by Gasteiger charge is -2.22. The molecule has 31 heavy (non-hydrogen) atoms. The van der Waals surface area contributed by atoms with E-state index in [0.29, 0.717) is 11.5 Å². The summed E-state index contributed by atoms with van der Waals surface area (Å²) in [7, 11) is 0. The first kappa shape index (κ1) is 21.1. The van der Waals surface area contributed by atoms with E-state index < -0.39 is 0 Å². The maximum absolute atomic E-state index is 13.5. The number of amides is 1. The number of aromatic nitrogens is 1. The molecule has 2 aromatic carbocycles. The first-order valence-corrected chi connectivity index (χ1v) is 11.1. The van der Waals surface area contributed by atoms with Gasteiger partial charge in [-0.05, 0) is 36.1 Å². The van der Waals surface area contributed by atoms with Gasteiger partial charge in [0, 0.05) is 56.4 Å². The van der Waals surface area contributed by atoms with Crippen molar-refractivity contribution in [3.05, 3.63) is 71.4 Å². The molecule has 1 amide bonds. The molecule has 5 heteroatoms. The molecule has 1 fully saturated rings. The Morgan fingerprint density at radius 2 is 1.81 bits per heavy atom. The maximum Gasteiger partial charge on any atom is 0.256 e. The molecule has 1 aliphatic rings. The Morgan fingerprint density at radius 3 is 2.55 bits per heavy atom. The minimum absolute atomic E-state index is 0.138. The van der Waals surface area contributed by atoms with Crippen molar-refractivity contribution >= 4 is 16.8 Å². The number of fused-ring (bicyclic) bond motifs is 1. The van der Waals surface area contributed by atoms with Gasteiger partial charge in [-0.15, -0.1) is 0 Å². The van der Waals surface area contributed by atoms with E-state index >= 15 is 0 Å². The summed E-state index contributed by atoms with van der Waals surface area (Å²) < 4.78 is 2.22. The average molecular weight is 415 g/mol. The number of hydrogen-bond donors (Lipinski definition) is 0. The summed E-state index contributed by atoms with van der Waals surface area (Å²) >= 11 is 0. The number of para-hydroxylation sites is 1. The van der Waals surface area contributed by atoms with Crippen molar-refractivity contribution in [2.24, 2.45) is 5.92 Å². The number of rotatable bonds is 5. The molecule has 4 rings (SSSR count). The molecule has 2 heterocycles. The second-order valence-corrected chi connectivity index (χ2v) is 8.84. The summed E-state index contributed by atoms with van der Waals surface area (Å²) in [5, 5.41) is 10.0. The molecule has 0 aliphatic carbocycles. The fraction of sp³-hybridized carbons (Fsp3) is 0.385. The Labute approximate surface area is 184 Å². The molecule has 0 spiro atoms. The van der Waals surface area contributed by atoms with Crippen LogP contribution in [0.25, 0.3) is 10.9 Å². The molecule has 0 atom stereocenters. The van der Waals surface area contributed by atoms with Crippen LogP contribution in [-0.2, 0) is 13.1 Å². The summed E-state index contributed by atoms with van der Waals surface area (Å²) in [6.07, 6.45) is 3.01. The SMILES string of the molecule is CC(C)Cn1cc(C(=O)N2CCCN(Cc3ccc(C#N)cc3)CC2)c2ccccc21. The van der Waals surface area contributed by atoms with Crippen LogP contribution in [-0.4, -0.2) is 46.5 Å². The van der Waals surface area contributed by atoms with Crippen LogP contribution in [0.2, 0.25) is 0 Å². The van der Waals surface area contributed by atoms with Crippen LogP contribution in [0.15, 0.2) is 54.7 Å². The van der Waals surface area contributed by atoms with Gasteiger partial charge < -0.3 is 9.47 Å². The molecule has 0 saturated carbocycles. The number of benzene rings is 2. The van der Waals surface area contributed by atoms with Crippen LogP contribution >= 0.6 is 0 Å². The quantitative estimate of drug-likeness (QED) is 0.617. The molecule has 0 bridgehead atoms. The van der Waals surface area contributed by atoms with Crippen molar-refractivity contribution in [1.82, 2.24) is 14.4 Å². The van der Waals surface area contributed by atoms with Gasteiger partial charge in [-0.1, -0.05) is 44.2 Å². The van der Waals surface area contributed by atoms with Crippen LogP contribution in [0, 0.1) is 17.2 Å². The van der Waals surface area contributed by atoms with E-state index in [2.05, 4.69) is 41.5 Å². The highest BCUT2D eigenvalue weighted by atomic mass is 16.2. The van der Waals surface area contributed by atoms with Gasteiger partial charge in [-0.25, -0.2) is 0 Å². The van der Waals surface area contributed by atoms with Gasteiger partial charge in [0.05, 0.1) is 17.2 Å². The van der Waals surface area contributed by atoms with E-state index in [1.807, 2.05) is 47.5 Å². The highest BCUT2D eigenvalue weighted by molar-refractivity contribution is 6.07. The summed E-state index contributed by atoms with van der Waals surface area (Å²) in [6.45, 7) is 9.51. The zero-order valence-electron chi connectivity index (χ0n) is 18.4. The first-order valence-electron chi connectivity index (χ1n) is 11.1. The predicted molar refractivity (Wildman–Crippen MR) is 124 cm³/mol. The zero-order valence-corrected chi connectivity index (χ0v) is 18.4. The van der Waals surface area contributed by atoms with Gasteiger partial charge in [0.15, 0.2) is 0 Å². The predicted octanol–water partition coefficient (Wildman–Crippen LogP) is 4.52. The van der Waals surface area contributed by atoms with E-state index in [-0.39, 0.29) is 5.91 Å². The minimum Gasteiger partial charge on any atom is -0.346 e. The summed E-state index contributed by atoms with van der Waals surface area (Å²) in [5.41, 5.74) is 3.84. The molecule has 1 aromatic heterocycles. The Kier molecular flexibility index (Phi) is 6.39. The lowest BCUT2D eigenvalue weighted by atomic mass is 10.1. The molecular weight excluding hydrogens is 384 g/mol. The van der Waals surface area contributed by atoms with Crippen LogP contribution in [0.5, 0.6) is 0 Å². The molecule has 3 aromatic rings. The van der Waals surface area contributed by atoms with E-state index in [0.717, 1.165) is 62.2 Å². The average Bonchev–Trinajstić information content (AvgIpc) is 2.96. The van der Waals surface area contributed by atoms with Crippen LogP contribution in [0.1, 0.15) is 41.8 Å². The summed E-state index contributed by atoms with van der Waals surface area (Å²) in [5.74, 6) is 0.659. The second-order valence-electron chi connectivity index (χ2n) is 8.84. The van der Waals surface area contributed by atoms with E-state index in [1.54, 1.807) is 0 Å². The fourth-order valence-corrected chi connectivity index (χ4v) is 4.41. The maximum atomic E-state index is 13.5. The Balaban J connectivity index is 1.47. The van der Waals surface area contributed by atoms with Gasteiger partial charge in [-0.2, -0.15) is 5.26 Å². The van der Waals surface area contributed by atoms with Gasteiger partial charge in [0.1, 0.15) is 0 Å². The zero-order chi connectivity index (χ0) is 21.8. The van der Waals surface area contributed by atoms with Crippen molar-refractivity contribution in [2.45, 2.75) is 33.4 Å². The number of carbonyl (C=O) groups excluding carboxylic acids is 1. The second kappa shape index (κ2) is 9.36. The van der Waals surface area contributed by atoms with E-state index in [1.165, 1.54) is 5.56 Å². The Bertz CT molecular complexity index is 1090. The highest BCUT2D eigenvalue weighted by Crippen LogP contribution is 2.24. The lowest BCUT2D eigenvalue weighted by molar-refractivity contribution is 0.0763. The summed E-state index contributed by atoms with van der Waals surface area (Å²) in [4.78, 5) is 17.9. The smallest absolute Gasteiger partial charge is 0.256 e. The molecule has 0 radical (unpaired) electrons. The third-order valence-corrected chi connectivity index (χ3v) is 5.95. The number of carbonyl (C=O) groups is 1.